The van der Waals surface area contributed by atoms with E-state index in [0.717, 1.165) is 5.56 Å². The van der Waals surface area contributed by atoms with Gasteiger partial charge < -0.3 is 19.6 Å². The molecule has 22 heavy (non-hydrogen) atoms. The van der Waals surface area contributed by atoms with Crippen LogP contribution in [-0.4, -0.2) is 24.7 Å². The zero-order valence-corrected chi connectivity index (χ0v) is 12.6. The van der Waals surface area contributed by atoms with E-state index in [2.05, 4.69) is 5.32 Å². The predicted octanol–water partition coefficient (Wildman–Crippen LogP) is 2.33. The van der Waals surface area contributed by atoms with Gasteiger partial charge in [-0.25, -0.2) is 0 Å². The third-order valence-electron chi connectivity index (χ3n) is 3.21. The lowest BCUT2D eigenvalue weighted by molar-refractivity contribution is -0.117. The van der Waals surface area contributed by atoms with Crippen molar-refractivity contribution in [3.8, 4) is 5.75 Å². The summed E-state index contributed by atoms with van der Waals surface area (Å²) in [5.74, 6) is 0.786. The van der Waals surface area contributed by atoms with Crippen molar-refractivity contribution in [2.75, 3.05) is 13.7 Å². The number of rotatable bonds is 6. The third kappa shape index (κ3) is 3.99. The fourth-order valence-corrected chi connectivity index (χ4v) is 1.96. The van der Waals surface area contributed by atoms with Crippen molar-refractivity contribution < 1.29 is 19.1 Å². The highest BCUT2D eigenvalue weighted by molar-refractivity contribution is 5.92. The van der Waals surface area contributed by atoms with E-state index >= 15 is 0 Å². The molecule has 1 amide bonds. The molecule has 0 radical (unpaired) electrons. The highest BCUT2D eigenvalue weighted by Gasteiger charge is 2.26. The maximum atomic E-state index is 11.9. The Hall–Kier alpha value is -2.53. The minimum atomic E-state index is -1.25. The Labute approximate surface area is 129 Å². The Kier molecular flexibility index (Phi) is 5.01. The van der Waals surface area contributed by atoms with E-state index in [9.17, 15) is 9.90 Å². The Morgan fingerprint density at radius 3 is 2.82 bits per heavy atom. The average molecular weight is 301 g/mol. The number of carbonyl (C=O) groups is 1. The van der Waals surface area contributed by atoms with Crippen LogP contribution in [0.5, 0.6) is 5.75 Å². The molecule has 0 aliphatic carbocycles. The lowest BCUT2D eigenvalue weighted by atomic mass is 10.0. The highest BCUT2D eigenvalue weighted by atomic mass is 16.5. The van der Waals surface area contributed by atoms with Crippen LogP contribution in [-0.2, 0) is 10.4 Å². The Morgan fingerprint density at radius 2 is 2.14 bits per heavy atom. The summed E-state index contributed by atoms with van der Waals surface area (Å²) in [6, 6.07) is 10.7. The molecule has 1 atom stereocenters. The summed E-state index contributed by atoms with van der Waals surface area (Å²) in [6.07, 6.45) is 4.54. The number of nitrogens with one attached hydrogen (secondary N) is 1. The molecule has 2 aromatic rings. The fourth-order valence-electron chi connectivity index (χ4n) is 1.96. The van der Waals surface area contributed by atoms with Crippen LogP contribution >= 0.6 is 0 Å². The minimum Gasteiger partial charge on any atom is -0.496 e. The van der Waals surface area contributed by atoms with Gasteiger partial charge in [-0.05, 0) is 31.2 Å². The lowest BCUT2D eigenvalue weighted by Gasteiger charge is -2.20. The number of hydrogen-bond donors (Lipinski definition) is 2. The summed E-state index contributed by atoms with van der Waals surface area (Å²) in [4.78, 5) is 11.9. The molecule has 2 N–H and O–H groups in total. The van der Waals surface area contributed by atoms with E-state index < -0.39 is 5.60 Å². The lowest BCUT2D eigenvalue weighted by Crippen LogP contribution is -2.37. The monoisotopic (exact) mass is 301 g/mol. The fraction of sp³-hybridized carbons (Fsp3) is 0.235. The standard InChI is InChI=1S/C17H19NO4/c1-17(20,15-8-5-11-22-15)12-18-16(19)10-9-13-6-3-4-7-14(13)21-2/h3-11,20H,12H2,1-2H3,(H,18,19). The first-order chi connectivity index (χ1) is 10.5. The molecule has 0 fully saturated rings. The van der Waals surface area contributed by atoms with Gasteiger partial charge in [0.2, 0.25) is 5.91 Å². The largest absolute Gasteiger partial charge is 0.496 e. The van der Waals surface area contributed by atoms with Gasteiger partial charge in [-0.3, -0.25) is 4.79 Å². The smallest absolute Gasteiger partial charge is 0.244 e. The van der Waals surface area contributed by atoms with Crippen LogP contribution in [0.1, 0.15) is 18.2 Å². The first-order valence-corrected chi connectivity index (χ1v) is 6.88. The van der Waals surface area contributed by atoms with Crippen LogP contribution in [0.4, 0.5) is 0 Å². The molecule has 0 saturated carbocycles. The first kappa shape index (κ1) is 15.9. The zero-order chi connectivity index (χ0) is 16.0. The molecule has 0 saturated heterocycles. The third-order valence-corrected chi connectivity index (χ3v) is 3.21. The van der Waals surface area contributed by atoms with Gasteiger partial charge in [0.1, 0.15) is 17.1 Å². The summed E-state index contributed by atoms with van der Waals surface area (Å²) in [6.45, 7) is 1.63. The van der Waals surface area contributed by atoms with Crippen molar-refractivity contribution in [1.29, 1.82) is 0 Å². The number of methoxy groups -OCH3 is 1. The molecule has 0 bridgehead atoms. The Balaban J connectivity index is 1.94. The highest BCUT2D eigenvalue weighted by Crippen LogP contribution is 2.20. The van der Waals surface area contributed by atoms with Crippen molar-refractivity contribution in [2.24, 2.45) is 0 Å². The second-order valence-electron chi connectivity index (χ2n) is 5.04. The van der Waals surface area contributed by atoms with Crippen molar-refractivity contribution in [2.45, 2.75) is 12.5 Å². The molecule has 0 aliphatic heterocycles. The topological polar surface area (TPSA) is 71.7 Å². The number of carbonyl (C=O) groups excluding carboxylic acids is 1. The average Bonchev–Trinajstić information content (AvgIpc) is 3.06. The van der Waals surface area contributed by atoms with Crippen LogP contribution in [0.2, 0.25) is 0 Å². The number of para-hydroxylation sites is 1. The Bertz CT molecular complexity index is 644. The van der Waals surface area contributed by atoms with E-state index in [1.54, 1.807) is 32.2 Å². The molecule has 0 spiro atoms. The minimum absolute atomic E-state index is 0.0512. The van der Waals surface area contributed by atoms with E-state index in [0.29, 0.717) is 11.5 Å². The second-order valence-corrected chi connectivity index (χ2v) is 5.04. The second kappa shape index (κ2) is 6.95. The van der Waals surface area contributed by atoms with E-state index in [1.807, 2.05) is 24.3 Å². The van der Waals surface area contributed by atoms with Crippen molar-refractivity contribution in [3.05, 3.63) is 60.1 Å². The van der Waals surface area contributed by atoms with Crippen LogP contribution in [0.3, 0.4) is 0 Å². The van der Waals surface area contributed by atoms with Crippen molar-refractivity contribution in [3.63, 3.8) is 0 Å². The van der Waals surface area contributed by atoms with E-state index in [4.69, 9.17) is 9.15 Å². The van der Waals surface area contributed by atoms with Gasteiger partial charge in [0.05, 0.1) is 19.9 Å². The number of furan rings is 1. The first-order valence-electron chi connectivity index (χ1n) is 6.88. The summed E-state index contributed by atoms with van der Waals surface area (Å²) in [5, 5.41) is 12.9. The predicted molar refractivity (Wildman–Crippen MR) is 83.3 cm³/mol. The van der Waals surface area contributed by atoms with Gasteiger partial charge >= 0.3 is 0 Å². The van der Waals surface area contributed by atoms with Crippen LogP contribution in [0.15, 0.2) is 53.2 Å². The number of amides is 1. The quantitative estimate of drug-likeness (QED) is 0.803. The summed E-state index contributed by atoms with van der Waals surface area (Å²) < 4.78 is 10.4. The molecule has 1 aromatic carbocycles. The number of hydrogen-bond acceptors (Lipinski definition) is 4. The number of benzene rings is 1. The van der Waals surface area contributed by atoms with Gasteiger partial charge in [0.25, 0.3) is 0 Å². The molecule has 1 heterocycles. The van der Waals surface area contributed by atoms with Gasteiger partial charge in [-0.1, -0.05) is 18.2 Å². The molecule has 1 unspecified atom stereocenters. The number of aliphatic hydroxyl groups is 1. The van der Waals surface area contributed by atoms with Gasteiger partial charge in [0.15, 0.2) is 0 Å². The molecule has 116 valence electrons. The molecule has 0 aliphatic rings. The molecule has 5 heteroatoms. The van der Waals surface area contributed by atoms with E-state index in [1.165, 1.54) is 12.3 Å². The maximum absolute atomic E-state index is 11.9. The summed E-state index contributed by atoms with van der Waals surface area (Å²) in [5.41, 5.74) is -0.449. The van der Waals surface area contributed by atoms with Crippen molar-refractivity contribution in [1.82, 2.24) is 5.32 Å². The molecule has 2 rings (SSSR count). The molecule has 5 nitrogen and oxygen atoms in total. The molecular weight excluding hydrogens is 282 g/mol. The Morgan fingerprint density at radius 1 is 1.36 bits per heavy atom. The zero-order valence-electron chi connectivity index (χ0n) is 12.6. The van der Waals surface area contributed by atoms with Gasteiger partial charge in [0, 0.05) is 11.6 Å². The maximum Gasteiger partial charge on any atom is 0.244 e. The van der Waals surface area contributed by atoms with Crippen molar-refractivity contribution >= 4 is 12.0 Å². The number of ether oxygens (including phenoxy) is 1. The van der Waals surface area contributed by atoms with Crippen LogP contribution in [0, 0.1) is 0 Å². The summed E-state index contributed by atoms with van der Waals surface area (Å²) >= 11 is 0. The van der Waals surface area contributed by atoms with E-state index in [-0.39, 0.29) is 12.5 Å². The van der Waals surface area contributed by atoms with Gasteiger partial charge in [-0.2, -0.15) is 0 Å². The summed E-state index contributed by atoms with van der Waals surface area (Å²) in [7, 11) is 1.58. The molecular formula is C17H19NO4. The molecule has 1 aromatic heterocycles. The SMILES string of the molecule is COc1ccccc1C=CC(=O)NCC(C)(O)c1ccco1. The van der Waals surface area contributed by atoms with Crippen LogP contribution in [0.25, 0.3) is 6.08 Å². The normalized spacial score (nSPS) is 13.8. The van der Waals surface area contributed by atoms with Crippen LogP contribution < -0.4 is 10.1 Å². The van der Waals surface area contributed by atoms with Gasteiger partial charge in [-0.15, -0.1) is 0 Å².